The van der Waals surface area contributed by atoms with Crippen molar-refractivity contribution in [2.24, 2.45) is 17.3 Å². The van der Waals surface area contributed by atoms with Crippen molar-refractivity contribution in [2.45, 2.75) is 33.2 Å². The van der Waals surface area contributed by atoms with Crippen LogP contribution in [0, 0.1) is 17.3 Å². The second-order valence-corrected chi connectivity index (χ2v) is 5.67. The van der Waals surface area contributed by atoms with E-state index in [1.165, 1.54) is 6.54 Å². The standard InChI is InChI=1S/C12H17N/c1-12(2,3)11-8-7-13-6-4-5-9(13)10(8)11/h4-6,8,10-11H,7H2,1-3H3/t8-,10?,11-/m0/s1. The number of rotatable bonds is 0. The minimum absolute atomic E-state index is 0.505. The van der Waals surface area contributed by atoms with Gasteiger partial charge in [-0.15, -0.1) is 0 Å². The lowest BCUT2D eigenvalue weighted by atomic mass is 9.87. The zero-order chi connectivity index (χ0) is 9.22. The molecular weight excluding hydrogens is 158 g/mol. The van der Waals surface area contributed by atoms with Crippen molar-refractivity contribution in [1.82, 2.24) is 4.57 Å². The molecule has 0 aromatic carbocycles. The molecule has 0 saturated heterocycles. The molecule has 1 aliphatic carbocycles. The van der Waals surface area contributed by atoms with Gasteiger partial charge in [-0.05, 0) is 29.4 Å². The molecule has 0 N–H and O–H groups in total. The summed E-state index contributed by atoms with van der Waals surface area (Å²) in [6.45, 7) is 8.41. The van der Waals surface area contributed by atoms with E-state index in [1.54, 1.807) is 5.69 Å². The van der Waals surface area contributed by atoms with Gasteiger partial charge in [0.05, 0.1) is 0 Å². The summed E-state index contributed by atoms with van der Waals surface area (Å²) >= 11 is 0. The van der Waals surface area contributed by atoms with Gasteiger partial charge in [-0.25, -0.2) is 0 Å². The van der Waals surface area contributed by atoms with Crippen molar-refractivity contribution >= 4 is 0 Å². The van der Waals surface area contributed by atoms with E-state index in [2.05, 4.69) is 43.7 Å². The third-order valence-electron chi connectivity index (χ3n) is 3.78. The summed E-state index contributed by atoms with van der Waals surface area (Å²) in [6, 6.07) is 4.49. The third-order valence-corrected chi connectivity index (χ3v) is 3.78. The van der Waals surface area contributed by atoms with Crippen LogP contribution in [-0.2, 0) is 6.54 Å². The van der Waals surface area contributed by atoms with Gasteiger partial charge in [0.1, 0.15) is 0 Å². The van der Waals surface area contributed by atoms with Crippen LogP contribution in [0.25, 0.3) is 0 Å². The Morgan fingerprint density at radius 3 is 2.85 bits per heavy atom. The van der Waals surface area contributed by atoms with Gasteiger partial charge in [0.2, 0.25) is 0 Å². The van der Waals surface area contributed by atoms with Gasteiger partial charge in [0.25, 0.3) is 0 Å². The molecule has 3 atom stereocenters. The highest BCUT2D eigenvalue weighted by atomic mass is 15.0. The molecule has 1 aromatic rings. The second kappa shape index (κ2) is 2.02. The zero-order valence-corrected chi connectivity index (χ0v) is 8.62. The molecule has 70 valence electrons. The van der Waals surface area contributed by atoms with Crippen LogP contribution in [0.15, 0.2) is 18.3 Å². The predicted octanol–water partition coefficient (Wildman–Crippen LogP) is 2.88. The summed E-state index contributed by atoms with van der Waals surface area (Å²) in [5.41, 5.74) is 2.09. The van der Waals surface area contributed by atoms with E-state index in [-0.39, 0.29) is 0 Å². The van der Waals surface area contributed by atoms with Crippen molar-refractivity contribution in [1.29, 1.82) is 0 Å². The lowest BCUT2D eigenvalue weighted by Crippen LogP contribution is -2.14. The Bertz CT molecular complexity index is 342. The quantitative estimate of drug-likeness (QED) is 0.571. The molecule has 1 saturated carbocycles. The molecule has 0 bridgehead atoms. The Morgan fingerprint density at radius 1 is 1.38 bits per heavy atom. The Kier molecular flexibility index (Phi) is 1.19. The van der Waals surface area contributed by atoms with Gasteiger partial charge >= 0.3 is 0 Å². The monoisotopic (exact) mass is 175 g/mol. The maximum Gasteiger partial charge on any atom is 0.0260 e. The maximum absolute atomic E-state index is 2.43. The van der Waals surface area contributed by atoms with Crippen LogP contribution in [0.1, 0.15) is 32.4 Å². The van der Waals surface area contributed by atoms with E-state index < -0.39 is 0 Å². The van der Waals surface area contributed by atoms with Gasteiger partial charge in [-0.2, -0.15) is 0 Å². The van der Waals surface area contributed by atoms with Gasteiger partial charge in [0.15, 0.2) is 0 Å². The SMILES string of the molecule is CC(C)(C)[C@@H]1C2c3cccn3C[C@@H]21. The summed E-state index contributed by atoms with van der Waals surface area (Å²) in [6.07, 6.45) is 2.22. The number of hydrogen-bond donors (Lipinski definition) is 0. The summed E-state index contributed by atoms with van der Waals surface area (Å²) < 4.78 is 2.43. The zero-order valence-electron chi connectivity index (χ0n) is 8.62. The first-order valence-corrected chi connectivity index (χ1v) is 5.24. The molecule has 1 aromatic heterocycles. The van der Waals surface area contributed by atoms with Crippen LogP contribution in [0.2, 0.25) is 0 Å². The van der Waals surface area contributed by atoms with Crippen molar-refractivity contribution in [2.75, 3.05) is 0 Å². The van der Waals surface area contributed by atoms with Crippen LogP contribution in [0.5, 0.6) is 0 Å². The number of aromatic nitrogens is 1. The van der Waals surface area contributed by atoms with Crippen molar-refractivity contribution < 1.29 is 0 Å². The predicted molar refractivity (Wildman–Crippen MR) is 53.6 cm³/mol. The lowest BCUT2D eigenvalue weighted by molar-refractivity contribution is 0.309. The van der Waals surface area contributed by atoms with Crippen molar-refractivity contribution in [3.05, 3.63) is 24.0 Å². The highest BCUT2D eigenvalue weighted by molar-refractivity contribution is 5.30. The van der Waals surface area contributed by atoms with Crippen LogP contribution < -0.4 is 0 Å². The Balaban J connectivity index is 1.93. The molecule has 1 nitrogen and oxygen atoms in total. The summed E-state index contributed by atoms with van der Waals surface area (Å²) in [7, 11) is 0. The second-order valence-electron chi connectivity index (χ2n) is 5.67. The molecule has 0 radical (unpaired) electrons. The van der Waals surface area contributed by atoms with E-state index in [1.807, 2.05) is 0 Å². The van der Waals surface area contributed by atoms with Gasteiger partial charge in [-0.1, -0.05) is 20.8 Å². The van der Waals surface area contributed by atoms with Crippen LogP contribution in [0.4, 0.5) is 0 Å². The van der Waals surface area contributed by atoms with E-state index >= 15 is 0 Å². The van der Waals surface area contributed by atoms with Crippen LogP contribution >= 0.6 is 0 Å². The fourth-order valence-electron chi connectivity index (χ4n) is 3.31. The fourth-order valence-corrected chi connectivity index (χ4v) is 3.31. The van der Waals surface area contributed by atoms with Crippen molar-refractivity contribution in [3.8, 4) is 0 Å². The number of fused-ring (bicyclic) bond motifs is 3. The molecule has 2 aliphatic rings. The largest absolute Gasteiger partial charge is 0.351 e. The first-order chi connectivity index (χ1) is 6.09. The molecule has 1 unspecified atom stereocenters. The van der Waals surface area contributed by atoms with E-state index in [4.69, 9.17) is 0 Å². The van der Waals surface area contributed by atoms with Crippen molar-refractivity contribution in [3.63, 3.8) is 0 Å². The molecule has 0 spiro atoms. The van der Waals surface area contributed by atoms with E-state index in [0.29, 0.717) is 5.41 Å². The first-order valence-electron chi connectivity index (χ1n) is 5.24. The first kappa shape index (κ1) is 7.66. The lowest BCUT2D eigenvalue weighted by Gasteiger charge is -2.21. The normalized spacial score (nSPS) is 35.8. The Labute approximate surface area is 79.8 Å². The Morgan fingerprint density at radius 2 is 2.15 bits per heavy atom. The minimum Gasteiger partial charge on any atom is -0.351 e. The maximum atomic E-state index is 2.43. The highest BCUT2D eigenvalue weighted by Crippen LogP contribution is 2.65. The molecular formula is C12H17N. The molecule has 0 amide bonds. The third kappa shape index (κ3) is 0.877. The fraction of sp³-hybridized carbons (Fsp3) is 0.667. The van der Waals surface area contributed by atoms with E-state index in [0.717, 1.165) is 17.8 Å². The molecule has 1 heteroatoms. The summed E-state index contributed by atoms with van der Waals surface area (Å²) in [4.78, 5) is 0. The smallest absolute Gasteiger partial charge is 0.0260 e. The van der Waals surface area contributed by atoms with Gasteiger partial charge < -0.3 is 4.57 Å². The molecule has 13 heavy (non-hydrogen) atoms. The number of hydrogen-bond acceptors (Lipinski definition) is 0. The highest BCUT2D eigenvalue weighted by Gasteiger charge is 2.60. The minimum atomic E-state index is 0.505. The van der Waals surface area contributed by atoms with Gasteiger partial charge in [-0.3, -0.25) is 0 Å². The van der Waals surface area contributed by atoms with Gasteiger partial charge in [0, 0.05) is 24.4 Å². The van der Waals surface area contributed by atoms with Crippen LogP contribution in [0.3, 0.4) is 0 Å². The molecule has 1 fully saturated rings. The van der Waals surface area contributed by atoms with Crippen LogP contribution in [-0.4, -0.2) is 4.57 Å². The average molecular weight is 175 g/mol. The molecule has 2 heterocycles. The Hall–Kier alpha value is -0.720. The molecule has 1 aliphatic heterocycles. The molecule has 3 rings (SSSR count). The summed E-state index contributed by atoms with van der Waals surface area (Å²) in [5.74, 6) is 2.78. The topological polar surface area (TPSA) is 4.93 Å². The summed E-state index contributed by atoms with van der Waals surface area (Å²) in [5, 5.41) is 0. The number of nitrogens with zero attached hydrogens (tertiary/aromatic N) is 1. The average Bonchev–Trinajstić information content (AvgIpc) is 2.39. The van der Waals surface area contributed by atoms with E-state index in [9.17, 15) is 0 Å².